The molecular weight excluding hydrogens is 292 g/mol. The first-order valence-electron chi connectivity index (χ1n) is 7.36. The lowest BCUT2D eigenvalue weighted by Gasteiger charge is -2.30. The minimum Gasteiger partial charge on any atom is -0.295 e. The predicted octanol–water partition coefficient (Wildman–Crippen LogP) is 2.60. The number of hydrogen-bond acceptors (Lipinski definition) is 4. The second-order valence-corrected chi connectivity index (χ2v) is 8.15. The maximum Gasteiger partial charge on any atom is 0.211 e. The number of nitrogens with zero attached hydrogens (tertiary/aromatic N) is 1. The van der Waals surface area contributed by atoms with Gasteiger partial charge < -0.3 is 0 Å². The van der Waals surface area contributed by atoms with Crippen molar-refractivity contribution < 1.29 is 8.42 Å². The Labute approximate surface area is 126 Å². The summed E-state index contributed by atoms with van der Waals surface area (Å²) in [5.74, 6) is 0.142. The molecule has 0 aliphatic carbocycles. The molecule has 1 atom stereocenters. The molecule has 1 unspecified atom stereocenters. The van der Waals surface area contributed by atoms with Crippen molar-refractivity contribution in [2.24, 2.45) is 0 Å². The first-order chi connectivity index (χ1) is 9.62. The van der Waals surface area contributed by atoms with Gasteiger partial charge in [0.25, 0.3) is 0 Å². The third-order valence-corrected chi connectivity index (χ3v) is 5.95. The van der Waals surface area contributed by atoms with Crippen LogP contribution in [0.1, 0.15) is 44.2 Å². The van der Waals surface area contributed by atoms with Gasteiger partial charge in [-0.25, -0.2) is 13.1 Å². The first kappa shape index (κ1) is 15.9. The average Bonchev–Trinajstić information content (AvgIpc) is 2.82. The summed E-state index contributed by atoms with van der Waals surface area (Å²) in [6.45, 7) is 4.28. The van der Waals surface area contributed by atoms with Crippen molar-refractivity contribution in [3.8, 4) is 0 Å². The van der Waals surface area contributed by atoms with Crippen LogP contribution in [0, 0.1) is 0 Å². The Balaban J connectivity index is 2.08. The van der Waals surface area contributed by atoms with Crippen LogP contribution in [0.15, 0.2) is 16.8 Å². The number of nitrogens with one attached hydrogen (secondary N) is 1. The van der Waals surface area contributed by atoms with Crippen LogP contribution in [0.5, 0.6) is 0 Å². The Morgan fingerprint density at radius 2 is 2.00 bits per heavy atom. The fraction of sp³-hybridized carbons (Fsp3) is 0.714. The summed E-state index contributed by atoms with van der Waals surface area (Å²) in [5.41, 5.74) is 1.23. The van der Waals surface area contributed by atoms with Gasteiger partial charge in [-0.2, -0.15) is 11.3 Å². The molecule has 1 saturated heterocycles. The second kappa shape index (κ2) is 7.54. The van der Waals surface area contributed by atoms with E-state index in [1.165, 1.54) is 31.2 Å². The van der Waals surface area contributed by atoms with Crippen molar-refractivity contribution in [2.45, 2.75) is 38.6 Å². The highest BCUT2D eigenvalue weighted by Crippen LogP contribution is 2.25. The van der Waals surface area contributed by atoms with E-state index >= 15 is 0 Å². The summed E-state index contributed by atoms with van der Waals surface area (Å²) >= 11 is 1.67. The lowest BCUT2D eigenvalue weighted by molar-refractivity contribution is 0.206. The molecule has 0 aromatic carbocycles. The normalized spacial score (nSPS) is 19.6. The Kier molecular flexibility index (Phi) is 6.01. The maximum absolute atomic E-state index is 11.7. The minimum absolute atomic E-state index is 0.142. The van der Waals surface area contributed by atoms with E-state index in [4.69, 9.17) is 0 Å². The summed E-state index contributed by atoms with van der Waals surface area (Å²) in [4.78, 5) is 2.44. The maximum atomic E-state index is 11.7. The standard InChI is InChI=1S/C14H24N2O2S2/c1-2-20(17,18)15-11-14(13-7-10-19-12-13)16-8-5-3-4-6-9-16/h7,10,12,14-15H,2-6,8-9,11H2,1H3. The number of rotatable bonds is 6. The molecule has 4 nitrogen and oxygen atoms in total. The van der Waals surface area contributed by atoms with E-state index in [1.807, 2.05) is 0 Å². The number of thiophene rings is 1. The third-order valence-electron chi connectivity index (χ3n) is 3.89. The van der Waals surface area contributed by atoms with Crippen LogP contribution in [0.3, 0.4) is 0 Å². The summed E-state index contributed by atoms with van der Waals surface area (Å²) in [7, 11) is -3.13. The van der Waals surface area contributed by atoms with Gasteiger partial charge in [-0.15, -0.1) is 0 Å². The molecule has 1 aromatic heterocycles. The van der Waals surface area contributed by atoms with E-state index in [9.17, 15) is 8.42 Å². The molecule has 1 N–H and O–H groups in total. The molecule has 2 heterocycles. The third kappa shape index (κ3) is 4.55. The van der Waals surface area contributed by atoms with Gasteiger partial charge in [-0.3, -0.25) is 4.90 Å². The molecule has 0 spiro atoms. The van der Waals surface area contributed by atoms with Gasteiger partial charge in [-0.1, -0.05) is 12.8 Å². The van der Waals surface area contributed by atoms with Crippen molar-refractivity contribution >= 4 is 21.4 Å². The predicted molar refractivity (Wildman–Crippen MR) is 84.6 cm³/mol. The van der Waals surface area contributed by atoms with Gasteiger partial charge in [0, 0.05) is 12.6 Å². The van der Waals surface area contributed by atoms with Crippen LogP contribution in [0.25, 0.3) is 0 Å². The number of hydrogen-bond donors (Lipinski definition) is 1. The Bertz CT molecular complexity index is 477. The van der Waals surface area contributed by atoms with Gasteiger partial charge in [0.05, 0.1) is 5.75 Å². The molecule has 6 heteroatoms. The van der Waals surface area contributed by atoms with Crippen LogP contribution in [0.4, 0.5) is 0 Å². The summed E-state index contributed by atoms with van der Waals surface area (Å²) in [5, 5.41) is 4.20. The van der Waals surface area contributed by atoms with Gasteiger partial charge in [-0.05, 0) is 55.2 Å². The van der Waals surface area contributed by atoms with Crippen LogP contribution in [-0.2, 0) is 10.0 Å². The van der Waals surface area contributed by atoms with E-state index in [-0.39, 0.29) is 11.8 Å². The molecule has 1 aliphatic rings. The zero-order valence-electron chi connectivity index (χ0n) is 12.0. The Morgan fingerprint density at radius 1 is 1.30 bits per heavy atom. The summed E-state index contributed by atoms with van der Waals surface area (Å²) in [6.07, 6.45) is 4.99. The van der Waals surface area contributed by atoms with E-state index in [0.717, 1.165) is 13.1 Å². The largest absolute Gasteiger partial charge is 0.295 e. The van der Waals surface area contributed by atoms with E-state index < -0.39 is 10.0 Å². The fourth-order valence-corrected chi connectivity index (χ4v) is 3.96. The van der Waals surface area contributed by atoms with Crippen LogP contribution < -0.4 is 4.72 Å². The Hall–Kier alpha value is -0.430. The fourth-order valence-electron chi connectivity index (χ4n) is 2.64. The highest BCUT2D eigenvalue weighted by atomic mass is 32.2. The van der Waals surface area contributed by atoms with Crippen LogP contribution in [0.2, 0.25) is 0 Å². The van der Waals surface area contributed by atoms with E-state index in [0.29, 0.717) is 6.54 Å². The zero-order chi connectivity index (χ0) is 14.4. The van der Waals surface area contributed by atoms with E-state index in [1.54, 1.807) is 18.3 Å². The Morgan fingerprint density at radius 3 is 2.55 bits per heavy atom. The van der Waals surface area contributed by atoms with E-state index in [2.05, 4.69) is 26.4 Å². The van der Waals surface area contributed by atoms with Gasteiger partial charge in [0.2, 0.25) is 10.0 Å². The van der Waals surface area contributed by atoms with Crippen molar-refractivity contribution in [2.75, 3.05) is 25.4 Å². The van der Waals surface area contributed by atoms with Crippen molar-refractivity contribution in [1.82, 2.24) is 9.62 Å². The summed E-state index contributed by atoms with van der Waals surface area (Å²) in [6, 6.07) is 2.28. The summed E-state index contributed by atoms with van der Waals surface area (Å²) < 4.78 is 26.1. The van der Waals surface area contributed by atoms with Crippen LogP contribution >= 0.6 is 11.3 Å². The molecule has 1 aromatic rings. The highest BCUT2D eigenvalue weighted by Gasteiger charge is 2.23. The molecular formula is C14H24N2O2S2. The average molecular weight is 316 g/mol. The highest BCUT2D eigenvalue weighted by molar-refractivity contribution is 7.89. The lowest BCUT2D eigenvalue weighted by Crippen LogP contribution is -2.39. The second-order valence-electron chi connectivity index (χ2n) is 5.27. The minimum atomic E-state index is -3.13. The first-order valence-corrected chi connectivity index (χ1v) is 9.95. The quantitative estimate of drug-likeness (QED) is 0.877. The SMILES string of the molecule is CCS(=O)(=O)NCC(c1ccsc1)N1CCCCCC1. The smallest absolute Gasteiger partial charge is 0.211 e. The van der Waals surface area contributed by atoms with Gasteiger partial charge in [0.15, 0.2) is 0 Å². The molecule has 0 saturated carbocycles. The van der Waals surface area contributed by atoms with Gasteiger partial charge >= 0.3 is 0 Å². The molecule has 20 heavy (non-hydrogen) atoms. The molecule has 114 valence electrons. The topological polar surface area (TPSA) is 49.4 Å². The van der Waals surface area contributed by atoms with Crippen molar-refractivity contribution in [3.05, 3.63) is 22.4 Å². The number of likely N-dealkylation sites (tertiary alicyclic amines) is 1. The molecule has 1 aliphatic heterocycles. The number of sulfonamides is 1. The monoisotopic (exact) mass is 316 g/mol. The molecule has 0 radical (unpaired) electrons. The molecule has 0 amide bonds. The molecule has 2 rings (SSSR count). The zero-order valence-corrected chi connectivity index (χ0v) is 13.7. The molecule has 1 fully saturated rings. The van der Waals surface area contributed by atoms with Crippen molar-refractivity contribution in [3.63, 3.8) is 0 Å². The molecule has 0 bridgehead atoms. The van der Waals surface area contributed by atoms with Gasteiger partial charge in [0.1, 0.15) is 0 Å². The van der Waals surface area contributed by atoms with Crippen LogP contribution in [-0.4, -0.2) is 38.7 Å². The lowest BCUT2D eigenvalue weighted by atomic mass is 10.1. The van der Waals surface area contributed by atoms with Crippen molar-refractivity contribution in [1.29, 1.82) is 0 Å².